The average Bonchev–Trinajstić information content (AvgIpc) is 3.32. The molecule has 0 rings (SSSR count). The predicted molar refractivity (Wildman–Crippen MR) is 287 cm³/mol. The molecule has 0 bridgehead atoms. The molecular formula is C60H111NO5. The van der Waals surface area contributed by atoms with Crippen molar-refractivity contribution in [3.63, 3.8) is 0 Å². The minimum Gasteiger partial charge on any atom is -0.466 e. The lowest BCUT2D eigenvalue weighted by Crippen LogP contribution is -2.45. The Kier molecular flexibility index (Phi) is 53.6. The van der Waals surface area contributed by atoms with Gasteiger partial charge in [0.2, 0.25) is 5.91 Å². The van der Waals surface area contributed by atoms with Crippen molar-refractivity contribution in [2.75, 3.05) is 13.2 Å². The molecule has 66 heavy (non-hydrogen) atoms. The summed E-state index contributed by atoms with van der Waals surface area (Å²) in [6.45, 7) is 4.80. The van der Waals surface area contributed by atoms with Gasteiger partial charge in [-0.3, -0.25) is 9.59 Å². The first kappa shape index (κ1) is 63.8. The Bertz CT molecular complexity index is 1110. The Morgan fingerprint density at radius 3 is 1.21 bits per heavy atom. The van der Waals surface area contributed by atoms with Crippen molar-refractivity contribution in [1.29, 1.82) is 0 Å². The molecule has 6 nitrogen and oxygen atoms in total. The van der Waals surface area contributed by atoms with Gasteiger partial charge in [0.15, 0.2) is 0 Å². The lowest BCUT2D eigenvalue weighted by Gasteiger charge is -2.19. The molecule has 0 aromatic heterocycles. The second-order valence-corrected chi connectivity index (χ2v) is 19.6. The third-order valence-corrected chi connectivity index (χ3v) is 13.1. The number of aliphatic hydroxyl groups is 2. The topological polar surface area (TPSA) is 95.9 Å². The maximum Gasteiger partial charge on any atom is 0.305 e. The molecule has 0 aliphatic carbocycles. The number of hydrogen-bond acceptors (Lipinski definition) is 5. The van der Waals surface area contributed by atoms with Gasteiger partial charge < -0.3 is 20.3 Å². The highest BCUT2D eigenvalue weighted by Crippen LogP contribution is 2.16. The zero-order chi connectivity index (χ0) is 47.9. The van der Waals surface area contributed by atoms with E-state index in [1.54, 1.807) is 6.08 Å². The van der Waals surface area contributed by atoms with E-state index in [9.17, 15) is 19.8 Å². The number of ether oxygens (including phenoxy) is 1. The van der Waals surface area contributed by atoms with Gasteiger partial charge in [0.25, 0.3) is 0 Å². The van der Waals surface area contributed by atoms with Gasteiger partial charge in [0.1, 0.15) is 0 Å². The summed E-state index contributed by atoms with van der Waals surface area (Å²) in [6, 6.07) is -0.669. The van der Waals surface area contributed by atoms with Crippen LogP contribution in [0.1, 0.15) is 296 Å². The molecule has 0 aromatic carbocycles. The molecule has 0 radical (unpaired) electrons. The largest absolute Gasteiger partial charge is 0.466 e. The normalized spacial score (nSPS) is 13.0. The van der Waals surface area contributed by atoms with E-state index in [0.29, 0.717) is 19.4 Å². The fourth-order valence-electron chi connectivity index (χ4n) is 8.61. The van der Waals surface area contributed by atoms with Gasteiger partial charge >= 0.3 is 5.97 Å². The van der Waals surface area contributed by atoms with E-state index in [1.807, 2.05) is 6.08 Å². The van der Waals surface area contributed by atoms with Crippen LogP contribution in [-0.4, -0.2) is 47.4 Å². The van der Waals surface area contributed by atoms with Crippen LogP contribution >= 0.6 is 0 Å². The number of carbonyl (C=O) groups excluding carboxylic acids is 2. The van der Waals surface area contributed by atoms with Crippen molar-refractivity contribution in [1.82, 2.24) is 5.32 Å². The Balaban J connectivity index is 3.57. The van der Waals surface area contributed by atoms with Crippen molar-refractivity contribution >= 4 is 11.9 Å². The molecule has 386 valence electrons. The molecule has 1 amide bonds. The van der Waals surface area contributed by atoms with Gasteiger partial charge in [0, 0.05) is 12.8 Å². The fourth-order valence-corrected chi connectivity index (χ4v) is 8.61. The highest BCUT2D eigenvalue weighted by molar-refractivity contribution is 5.76. The monoisotopic (exact) mass is 926 g/mol. The first-order valence-corrected chi connectivity index (χ1v) is 28.9. The molecule has 6 heteroatoms. The summed E-state index contributed by atoms with van der Waals surface area (Å²) in [6.07, 6.45) is 70.0. The quantitative estimate of drug-likeness (QED) is 0.0321. The Morgan fingerprint density at radius 2 is 0.773 bits per heavy atom. The Labute approximate surface area is 410 Å². The number of hydrogen-bond donors (Lipinski definition) is 3. The first-order chi connectivity index (χ1) is 32.5. The van der Waals surface area contributed by atoms with E-state index in [2.05, 4.69) is 55.6 Å². The molecule has 0 saturated heterocycles. The summed E-state index contributed by atoms with van der Waals surface area (Å²) >= 11 is 0. The Hall–Kier alpha value is -2.18. The number of amides is 1. The smallest absolute Gasteiger partial charge is 0.305 e. The van der Waals surface area contributed by atoms with Crippen molar-refractivity contribution in [2.24, 2.45) is 0 Å². The van der Waals surface area contributed by atoms with Crippen LogP contribution in [0.15, 0.2) is 48.6 Å². The summed E-state index contributed by atoms with van der Waals surface area (Å²) in [4.78, 5) is 24.5. The standard InChI is InChI=1S/C60H111NO5/c1-3-5-7-9-11-13-15-17-19-21-22-23-24-25-26-27-28-29-31-33-36-40-44-48-52-58(63)57(56-62)61-59(64)53-49-45-41-37-35-39-43-47-51-55-66-60(65)54-50-46-42-38-34-32-30-20-18-16-14-12-10-8-6-4-2/h14,16,20,30,37,41,48,52,57-58,62-63H,3-13,15,17-19,21-29,31-36,38-40,42-47,49-51,53-56H2,1-2H3,(H,61,64)/b16-14-,30-20-,41-37-,52-48+. The third-order valence-electron chi connectivity index (χ3n) is 13.1. The molecule has 3 N–H and O–H groups in total. The van der Waals surface area contributed by atoms with Gasteiger partial charge in [-0.05, 0) is 83.5 Å². The van der Waals surface area contributed by atoms with E-state index in [4.69, 9.17) is 4.74 Å². The molecule has 0 heterocycles. The van der Waals surface area contributed by atoms with Crippen LogP contribution in [0.3, 0.4) is 0 Å². The van der Waals surface area contributed by atoms with Gasteiger partial charge in [-0.2, -0.15) is 0 Å². The molecule has 2 unspecified atom stereocenters. The van der Waals surface area contributed by atoms with Crippen LogP contribution in [0.2, 0.25) is 0 Å². The fraction of sp³-hybridized carbons (Fsp3) is 0.833. The molecule has 2 atom stereocenters. The number of aliphatic hydroxyl groups excluding tert-OH is 2. The first-order valence-electron chi connectivity index (χ1n) is 28.9. The van der Waals surface area contributed by atoms with Gasteiger partial charge in [-0.1, -0.05) is 249 Å². The number of unbranched alkanes of at least 4 members (excludes halogenated alkanes) is 36. The van der Waals surface area contributed by atoms with E-state index < -0.39 is 12.1 Å². The number of nitrogens with one attached hydrogen (secondary N) is 1. The second-order valence-electron chi connectivity index (χ2n) is 19.6. The summed E-state index contributed by atoms with van der Waals surface area (Å²) in [5.74, 6) is -0.180. The number of rotatable bonds is 53. The molecule has 0 aromatic rings. The molecule has 0 saturated carbocycles. The third kappa shape index (κ3) is 51.2. The average molecular weight is 927 g/mol. The molecule has 0 spiro atoms. The van der Waals surface area contributed by atoms with Crippen molar-refractivity contribution in [3.8, 4) is 0 Å². The highest BCUT2D eigenvalue weighted by Gasteiger charge is 2.18. The van der Waals surface area contributed by atoms with Crippen LogP contribution in [0.25, 0.3) is 0 Å². The zero-order valence-corrected chi connectivity index (χ0v) is 43.9. The minimum atomic E-state index is -0.879. The molecule has 0 aliphatic heterocycles. The van der Waals surface area contributed by atoms with Gasteiger partial charge in [-0.25, -0.2) is 0 Å². The lowest BCUT2D eigenvalue weighted by molar-refractivity contribution is -0.143. The predicted octanol–water partition coefficient (Wildman–Crippen LogP) is 17.8. The highest BCUT2D eigenvalue weighted by atomic mass is 16.5. The van der Waals surface area contributed by atoms with Gasteiger partial charge in [-0.15, -0.1) is 0 Å². The lowest BCUT2D eigenvalue weighted by atomic mass is 10.0. The van der Waals surface area contributed by atoms with Crippen molar-refractivity contribution < 1.29 is 24.5 Å². The Morgan fingerprint density at radius 1 is 0.424 bits per heavy atom. The number of allylic oxidation sites excluding steroid dienone is 7. The summed E-state index contributed by atoms with van der Waals surface area (Å²) in [5, 5.41) is 23.1. The van der Waals surface area contributed by atoms with Gasteiger partial charge in [0.05, 0.1) is 25.4 Å². The van der Waals surface area contributed by atoms with Crippen LogP contribution < -0.4 is 5.32 Å². The van der Waals surface area contributed by atoms with E-state index >= 15 is 0 Å². The van der Waals surface area contributed by atoms with Crippen molar-refractivity contribution in [3.05, 3.63) is 48.6 Å². The van der Waals surface area contributed by atoms with Crippen LogP contribution in [0, 0.1) is 0 Å². The van der Waals surface area contributed by atoms with Crippen molar-refractivity contribution in [2.45, 2.75) is 309 Å². The molecular weight excluding hydrogens is 815 g/mol. The number of carbonyl (C=O) groups is 2. The summed E-state index contributed by atoms with van der Waals surface area (Å²) in [7, 11) is 0. The maximum absolute atomic E-state index is 12.5. The second kappa shape index (κ2) is 55.4. The minimum absolute atomic E-state index is 0.0514. The molecule has 0 fully saturated rings. The maximum atomic E-state index is 12.5. The van der Waals surface area contributed by atoms with E-state index in [0.717, 1.165) is 83.5 Å². The van der Waals surface area contributed by atoms with Crippen LogP contribution in [0.5, 0.6) is 0 Å². The van der Waals surface area contributed by atoms with Crippen LogP contribution in [0.4, 0.5) is 0 Å². The van der Waals surface area contributed by atoms with E-state index in [1.165, 1.54) is 186 Å². The van der Waals surface area contributed by atoms with Crippen LogP contribution in [-0.2, 0) is 14.3 Å². The SMILES string of the molecule is CCCCCC/C=C\C/C=C\CCCCCCCC(=O)OCCCCCC/C=C\CCCC(=O)NC(CO)C(O)/C=C/CCCCCCCCCCCCCCCCCCCCCCCC. The molecule has 0 aliphatic rings. The summed E-state index contributed by atoms with van der Waals surface area (Å²) < 4.78 is 5.44. The van der Waals surface area contributed by atoms with E-state index in [-0.39, 0.29) is 18.5 Å². The number of esters is 1. The zero-order valence-electron chi connectivity index (χ0n) is 43.9. The summed E-state index contributed by atoms with van der Waals surface area (Å²) in [5.41, 5.74) is 0.